The highest BCUT2D eigenvalue weighted by molar-refractivity contribution is 5.56. The Kier molecular flexibility index (Phi) is 3.39. The van der Waals surface area contributed by atoms with Crippen LogP contribution in [0.3, 0.4) is 0 Å². The van der Waals surface area contributed by atoms with E-state index in [2.05, 4.69) is 66.5 Å². The van der Waals surface area contributed by atoms with Crippen molar-refractivity contribution >= 4 is 11.4 Å². The molecule has 0 bridgehead atoms. The van der Waals surface area contributed by atoms with Gasteiger partial charge in [-0.15, -0.1) is 0 Å². The molecule has 1 aliphatic rings. The van der Waals surface area contributed by atoms with Crippen LogP contribution in [0.15, 0.2) is 42.5 Å². The zero-order valence-electron chi connectivity index (χ0n) is 12.5. The maximum absolute atomic E-state index is 3.21. The number of hydrogen-bond acceptors (Lipinski definition) is 2. The van der Waals surface area contributed by atoms with Crippen LogP contribution in [0.5, 0.6) is 0 Å². The standard InChI is InChI=1S/C18H22N2/c1-13(2)14-5-8-18(9-6-14)20-11-15-4-7-17(19-3)10-16(15)12-20/h4-10,13,19H,11-12H2,1-3H3. The average molecular weight is 266 g/mol. The Bertz CT molecular complexity index is 599. The second-order valence-electron chi connectivity index (χ2n) is 5.84. The van der Waals surface area contributed by atoms with Gasteiger partial charge in [-0.25, -0.2) is 0 Å². The summed E-state index contributed by atoms with van der Waals surface area (Å²) in [7, 11) is 1.97. The Balaban J connectivity index is 1.80. The summed E-state index contributed by atoms with van der Waals surface area (Å²) in [5.41, 5.74) is 6.79. The van der Waals surface area contributed by atoms with E-state index in [4.69, 9.17) is 0 Å². The lowest BCUT2D eigenvalue weighted by Gasteiger charge is -2.18. The first kappa shape index (κ1) is 13.0. The lowest BCUT2D eigenvalue weighted by molar-refractivity contribution is 0.856. The van der Waals surface area contributed by atoms with Gasteiger partial charge in [0, 0.05) is 31.5 Å². The number of nitrogens with one attached hydrogen (secondary N) is 1. The van der Waals surface area contributed by atoms with Gasteiger partial charge < -0.3 is 10.2 Å². The molecule has 1 N–H and O–H groups in total. The minimum atomic E-state index is 0.595. The maximum atomic E-state index is 3.21. The molecule has 0 unspecified atom stereocenters. The fourth-order valence-electron chi connectivity index (χ4n) is 2.80. The fraction of sp³-hybridized carbons (Fsp3) is 0.333. The van der Waals surface area contributed by atoms with Crippen LogP contribution < -0.4 is 10.2 Å². The van der Waals surface area contributed by atoms with Crippen LogP contribution in [0, 0.1) is 0 Å². The molecule has 2 aromatic rings. The predicted molar refractivity (Wildman–Crippen MR) is 86.4 cm³/mol. The van der Waals surface area contributed by atoms with Crippen molar-refractivity contribution in [2.24, 2.45) is 0 Å². The summed E-state index contributed by atoms with van der Waals surface area (Å²) < 4.78 is 0. The first-order chi connectivity index (χ1) is 9.67. The highest BCUT2D eigenvalue weighted by Crippen LogP contribution is 2.30. The van der Waals surface area contributed by atoms with E-state index in [-0.39, 0.29) is 0 Å². The molecule has 0 spiro atoms. The summed E-state index contributed by atoms with van der Waals surface area (Å²) in [6, 6.07) is 15.7. The van der Waals surface area contributed by atoms with Crippen LogP contribution in [0.2, 0.25) is 0 Å². The Labute approximate surface area is 121 Å². The van der Waals surface area contributed by atoms with Crippen LogP contribution in [0.4, 0.5) is 11.4 Å². The number of nitrogens with zero attached hydrogens (tertiary/aromatic N) is 1. The van der Waals surface area contributed by atoms with E-state index in [9.17, 15) is 0 Å². The molecular formula is C18H22N2. The van der Waals surface area contributed by atoms with Crippen molar-refractivity contribution in [3.63, 3.8) is 0 Å². The normalized spacial score (nSPS) is 13.7. The van der Waals surface area contributed by atoms with Crippen LogP contribution in [-0.2, 0) is 13.1 Å². The van der Waals surface area contributed by atoms with Crippen molar-refractivity contribution < 1.29 is 0 Å². The zero-order valence-corrected chi connectivity index (χ0v) is 12.5. The van der Waals surface area contributed by atoms with Gasteiger partial charge in [0.15, 0.2) is 0 Å². The Morgan fingerprint density at radius 1 is 0.950 bits per heavy atom. The minimum absolute atomic E-state index is 0.595. The van der Waals surface area contributed by atoms with Crippen molar-refractivity contribution in [2.45, 2.75) is 32.9 Å². The first-order valence-corrected chi connectivity index (χ1v) is 7.32. The maximum Gasteiger partial charge on any atom is 0.0437 e. The quantitative estimate of drug-likeness (QED) is 0.887. The van der Waals surface area contributed by atoms with Crippen LogP contribution in [0.1, 0.15) is 36.5 Å². The van der Waals surface area contributed by atoms with Gasteiger partial charge in [-0.2, -0.15) is 0 Å². The van der Waals surface area contributed by atoms with Gasteiger partial charge in [-0.1, -0.05) is 32.0 Å². The highest BCUT2D eigenvalue weighted by Gasteiger charge is 2.19. The number of benzene rings is 2. The molecule has 2 heteroatoms. The summed E-state index contributed by atoms with van der Waals surface area (Å²) in [5.74, 6) is 0.595. The van der Waals surface area contributed by atoms with E-state index in [1.165, 1.54) is 28.1 Å². The molecule has 20 heavy (non-hydrogen) atoms. The van der Waals surface area contributed by atoms with E-state index >= 15 is 0 Å². The van der Waals surface area contributed by atoms with Gasteiger partial charge in [-0.3, -0.25) is 0 Å². The van der Waals surface area contributed by atoms with E-state index in [1.54, 1.807) is 0 Å². The third-order valence-electron chi connectivity index (χ3n) is 4.14. The summed E-state index contributed by atoms with van der Waals surface area (Å²) >= 11 is 0. The monoisotopic (exact) mass is 266 g/mol. The van der Waals surface area contributed by atoms with Crippen molar-refractivity contribution in [1.82, 2.24) is 0 Å². The topological polar surface area (TPSA) is 15.3 Å². The predicted octanol–water partition coefficient (Wildman–Crippen LogP) is 4.37. The number of anilines is 2. The second-order valence-corrected chi connectivity index (χ2v) is 5.84. The molecular weight excluding hydrogens is 244 g/mol. The lowest BCUT2D eigenvalue weighted by atomic mass is 10.0. The van der Waals surface area contributed by atoms with Gasteiger partial charge in [0.05, 0.1) is 0 Å². The molecule has 2 nitrogen and oxygen atoms in total. The third-order valence-corrected chi connectivity index (χ3v) is 4.14. The summed E-state index contributed by atoms with van der Waals surface area (Å²) in [4.78, 5) is 2.44. The molecule has 0 fully saturated rings. The van der Waals surface area contributed by atoms with E-state index in [0.29, 0.717) is 5.92 Å². The third kappa shape index (κ3) is 2.38. The fourth-order valence-corrected chi connectivity index (χ4v) is 2.80. The second kappa shape index (κ2) is 5.20. The molecule has 104 valence electrons. The van der Waals surface area contributed by atoms with Gasteiger partial charge in [0.25, 0.3) is 0 Å². The van der Waals surface area contributed by atoms with E-state index in [0.717, 1.165) is 13.1 Å². The summed E-state index contributed by atoms with van der Waals surface area (Å²) in [6.45, 7) is 6.49. The Morgan fingerprint density at radius 3 is 2.30 bits per heavy atom. The molecule has 0 amide bonds. The van der Waals surface area contributed by atoms with Gasteiger partial charge >= 0.3 is 0 Å². The number of fused-ring (bicyclic) bond motifs is 1. The average Bonchev–Trinajstić information content (AvgIpc) is 2.90. The molecule has 0 aromatic heterocycles. The Morgan fingerprint density at radius 2 is 1.65 bits per heavy atom. The molecule has 1 aliphatic heterocycles. The molecule has 0 radical (unpaired) electrons. The van der Waals surface area contributed by atoms with Crippen LogP contribution >= 0.6 is 0 Å². The molecule has 0 saturated heterocycles. The largest absolute Gasteiger partial charge is 0.388 e. The zero-order chi connectivity index (χ0) is 14.1. The highest BCUT2D eigenvalue weighted by atomic mass is 15.1. The number of rotatable bonds is 3. The first-order valence-electron chi connectivity index (χ1n) is 7.32. The smallest absolute Gasteiger partial charge is 0.0437 e. The van der Waals surface area contributed by atoms with Crippen molar-refractivity contribution in [3.8, 4) is 0 Å². The molecule has 0 saturated carbocycles. The summed E-state index contributed by atoms with van der Waals surface area (Å²) in [6.07, 6.45) is 0. The number of hydrogen-bond donors (Lipinski definition) is 1. The molecule has 0 atom stereocenters. The molecule has 2 aromatic carbocycles. The van der Waals surface area contributed by atoms with E-state index in [1.807, 2.05) is 7.05 Å². The van der Waals surface area contributed by atoms with Gasteiger partial charge in [0.1, 0.15) is 0 Å². The van der Waals surface area contributed by atoms with Crippen LogP contribution in [-0.4, -0.2) is 7.05 Å². The molecule has 3 rings (SSSR count). The SMILES string of the molecule is CNc1ccc2c(c1)CN(c1ccc(C(C)C)cc1)C2. The lowest BCUT2D eigenvalue weighted by Crippen LogP contribution is -2.14. The van der Waals surface area contributed by atoms with Crippen molar-refractivity contribution in [1.29, 1.82) is 0 Å². The van der Waals surface area contributed by atoms with Gasteiger partial charge in [-0.05, 0) is 46.9 Å². The van der Waals surface area contributed by atoms with Gasteiger partial charge in [0.2, 0.25) is 0 Å². The van der Waals surface area contributed by atoms with Crippen molar-refractivity contribution in [2.75, 3.05) is 17.3 Å². The minimum Gasteiger partial charge on any atom is -0.388 e. The molecule has 1 heterocycles. The molecule has 0 aliphatic carbocycles. The van der Waals surface area contributed by atoms with E-state index < -0.39 is 0 Å². The van der Waals surface area contributed by atoms with Crippen molar-refractivity contribution in [3.05, 3.63) is 59.2 Å². The Hall–Kier alpha value is -1.96. The van der Waals surface area contributed by atoms with Crippen LogP contribution in [0.25, 0.3) is 0 Å². The summed E-state index contributed by atoms with van der Waals surface area (Å²) in [5, 5.41) is 3.21.